The minimum absolute atomic E-state index is 0.216. The molecule has 1 aliphatic rings. The van der Waals surface area contributed by atoms with Crippen LogP contribution < -0.4 is 0 Å². The van der Waals surface area contributed by atoms with Crippen molar-refractivity contribution in [3.63, 3.8) is 0 Å². The molecule has 0 unspecified atom stereocenters. The second-order valence-corrected chi connectivity index (χ2v) is 5.22. The van der Waals surface area contributed by atoms with Crippen LogP contribution >= 0.6 is 0 Å². The molecule has 1 fully saturated rings. The highest BCUT2D eigenvalue weighted by Crippen LogP contribution is 2.23. The molecule has 1 aromatic heterocycles. The molecular formula is C15H19NO6. The lowest BCUT2D eigenvalue weighted by molar-refractivity contribution is -0.147. The minimum Gasteiger partial charge on any atom is -0.461 e. The summed E-state index contributed by atoms with van der Waals surface area (Å²) in [5.41, 5.74) is 1.40. The van der Waals surface area contributed by atoms with Crippen LogP contribution in [-0.4, -0.2) is 41.7 Å². The summed E-state index contributed by atoms with van der Waals surface area (Å²) in [6.07, 6.45) is -0.839. The molecule has 1 N–H and O–H groups in total. The second-order valence-electron chi connectivity index (χ2n) is 5.22. The first-order chi connectivity index (χ1) is 10.3. The van der Waals surface area contributed by atoms with Crippen molar-refractivity contribution in [1.82, 2.24) is 4.98 Å². The summed E-state index contributed by atoms with van der Waals surface area (Å²) >= 11 is 0. The van der Waals surface area contributed by atoms with Crippen LogP contribution in [0.5, 0.6) is 0 Å². The van der Waals surface area contributed by atoms with Gasteiger partial charge in [-0.05, 0) is 33.3 Å². The fourth-order valence-corrected chi connectivity index (χ4v) is 2.47. The van der Waals surface area contributed by atoms with Crippen molar-refractivity contribution in [2.24, 2.45) is 0 Å². The molecule has 1 saturated heterocycles. The van der Waals surface area contributed by atoms with Gasteiger partial charge < -0.3 is 19.2 Å². The van der Waals surface area contributed by atoms with Crippen molar-refractivity contribution >= 4 is 17.9 Å². The highest BCUT2D eigenvalue weighted by Gasteiger charge is 2.36. The van der Waals surface area contributed by atoms with Gasteiger partial charge in [-0.1, -0.05) is 0 Å². The number of nitrogens with one attached hydrogen (secondary N) is 1. The zero-order valence-electron chi connectivity index (χ0n) is 13.0. The van der Waals surface area contributed by atoms with E-state index in [0.29, 0.717) is 17.7 Å². The average Bonchev–Trinajstić information content (AvgIpc) is 2.89. The smallest absolute Gasteiger partial charge is 0.355 e. The van der Waals surface area contributed by atoms with E-state index in [9.17, 15) is 14.4 Å². The van der Waals surface area contributed by atoms with Gasteiger partial charge in [0.25, 0.3) is 0 Å². The third-order valence-corrected chi connectivity index (χ3v) is 3.50. The summed E-state index contributed by atoms with van der Waals surface area (Å²) in [5.74, 6) is -1.73. The summed E-state index contributed by atoms with van der Waals surface area (Å²) < 4.78 is 15.1. The number of carbonyl (C=O) groups is 3. The van der Waals surface area contributed by atoms with Crippen LogP contribution in [0.3, 0.4) is 0 Å². The van der Waals surface area contributed by atoms with Gasteiger partial charge in [0.1, 0.15) is 11.8 Å². The summed E-state index contributed by atoms with van der Waals surface area (Å²) in [6, 6.07) is 0. The van der Waals surface area contributed by atoms with Gasteiger partial charge in [0.2, 0.25) is 6.10 Å². The van der Waals surface area contributed by atoms with Gasteiger partial charge in [0.15, 0.2) is 0 Å². The summed E-state index contributed by atoms with van der Waals surface area (Å²) in [7, 11) is 0. The lowest BCUT2D eigenvalue weighted by atomic mass is 10.1. The van der Waals surface area contributed by atoms with E-state index >= 15 is 0 Å². The highest BCUT2D eigenvalue weighted by atomic mass is 16.6. The Hall–Kier alpha value is -2.31. The number of carbonyl (C=O) groups excluding carboxylic acids is 3. The predicted octanol–water partition coefficient (Wildman–Crippen LogP) is 1.67. The van der Waals surface area contributed by atoms with E-state index in [1.807, 2.05) is 0 Å². The molecule has 0 spiro atoms. The first-order valence-corrected chi connectivity index (χ1v) is 7.12. The molecule has 7 heteroatoms. The van der Waals surface area contributed by atoms with Crippen molar-refractivity contribution in [1.29, 1.82) is 0 Å². The molecule has 22 heavy (non-hydrogen) atoms. The van der Waals surface area contributed by atoms with Crippen molar-refractivity contribution in [3.05, 3.63) is 22.5 Å². The van der Waals surface area contributed by atoms with Crippen molar-refractivity contribution in [3.8, 4) is 0 Å². The Kier molecular flexibility index (Phi) is 4.54. The maximum absolute atomic E-state index is 12.3. The largest absolute Gasteiger partial charge is 0.461 e. The Labute approximate surface area is 127 Å². The normalized spacial score (nSPS) is 20.6. The van der Waals surface area contributed by atoms with Crippen LogP contribution in [0.4, 0.5) is 0 Å². The van der Waals surface area contributed by atoms with Crippen LogP contribution in [0.2, 0.25) is 0 Å². The van der Waals surface area contributed by atoms with Crippen LogP contribution in [0.1, 0.15) is 52.4 Å². The fourth-order valence-electron chi connectivity index (χ4n) is 2.47. The zero-order valence-corrected chi connectivity index (χ0v) is 13.0. The van der Waals surface area contributed by atoms with E-state index in [-0.39, 0.29) is 24.0 Å². The molecule has 0 radical (unpaired) electrons. The zero-order chi connectivity index (χ0) is 16.4. The van der Waals surface area contributed by atoms with E-state index in [2.05, 4.69) is 4.98 Å². The summed E-state index contributed by atoms with van der Waals surface area (Å²) in [6.45, 7) is 6.95. The van der Waals surface area contributed by atoms with Crippen LogP contribution in [-0.2, 0) is 19.0 Å². The van der Waals surface area contributed by atoms with Gasteiger partial charge in [-0.15, -0.1) is 0 Å². The quantitative estimate of drug-likeness (QED) is 0.671. The number of hydrogen-bond acceptors (Lipinski definition) is 6. The molecule has 2 heterocycles. The van der Waals surface area contributed by atoms with Gasteiger partial charge >= 0.3 is 17.9 Å². The molecular weight excluding hydrogens is 290 g/mol. The number of aromatic nitrogens is 1. The van der Waals surface area contributed by atoms with Crippen molar-refractivity contribution in [2.75, 3.05) is 6.61 Å². The molecule has 0 aromatic carbocycles. The number of esters is 3. The molecule has 2 atom stereocenters. The Morgan fingerprint density at radius 2 is 2.00 bits per heavy atom. The average molecular weight is 309 g/mol. The van der Waals surface area contributed by atoms with E-state index in [1.54, 1.807) is 27.7 Å². The van der Waals surface area contributed by atoms with Gasteiger partial charge in [-0.3, -0.25) is 0 Å². The third-order valence-electron chi connectivity index (χ3n) is 3.50. The third kappa shape index (κ3) is 2.98. The number of H-pyrrole nitrogens is 1. The van der Waals surface area contributed by atoms with Gasteiger partial charge in [0.05, 0.1) is 12.2 Å². The van der Waals surface area contributed by atoms with Crippen LogP contribution in [0.15, 0.2) is 0 Å². The number of ether oxygens (including phenoxy) is 3. The summed E-state index contributed by atoms with van der Waals surface area (Å²) in [4.78, 5) is 38.5. The first-order valence-electron chi connectivity index (χ1n) is 7.12. The molecule has 1 aliphatic heterocycles. The molecule has 120 valence electrons. The maximum atomic E-state index is 12.3. The topological polar surface area (TPSA) is 94.7 Å². The maximum Gasteiger partial charge on any atom is 0.355 e. The Balaban J connectivity index is 2.20. The fraction of sp³-hybridized carbons (Fsp3) is 0.533. The number of cyclic esters (lactones) is 1. The molecule has 0 saturated carbocycles. The van der Waals surface area contributed by atoms with Gasteiger partial charge in [-0.2, -0.15) is 0 Å². The molecule has 1 aromatic rings. The van der Waals surface area contributed by atoms with E-state index in [1.165, 1.54) is 0 Å². The first kappa shape index (κ1) is 16.1. The number of hydrogen-bond donors (Lipinski definition) is 1. The monoisotopic (exact) mass is 309 g/mol. The van der Waals surface area contributed by atoms with E-state index in [4.69, 9.17) is 14.2 Å². The molecule has 0 bridgehead atoms. The van der Waals surface area contributed by atoms with Crippen LogP contribution in [0, 0.1) is 13.8 Å². The number of aromatic amines is 1. The standard InChI is InChI=1S/C15H19NO6/c1-5-20-15(19)12-8(3)11(9(4)16-12)14(18)22-10-6-7(2)21-13(10)17/h7,10,16H,5-6H2,1-4H3/t7-,10+/m0/s1. The lowest BCUT2D eigenvalue weighted by Crippen LogP contribution is -2.23. The van der Waals surface area contributed by atoms with Crippen molar-refractivity contribution < 1.29 is 28.6 Å². The minimum atomic E-state index is -0.901. The van der Waals surface area contributed by atoms with Crippen molar-refractivity contribution in [2.45, 2.75) is 46.3 Å². The van der Waals surface area contributed by atoms with E-state index in [0.717, 1.165) is 0 Å². The second kappa shape index (κ2) is 6.21. The Bertz CT molecular complexity index is 618. The number of rotatable bonds is 4. The highest BCUT2D eigenvalue weighted by molar-refractivity contribution is 5.99. The SMILES string of the molecule is CCOC(=O)c1[nH]c(C)c(C(=O)O[C@@H]2C[C@H](C)OC2=O)c1C. The Morgan fingerprint density at radius 1 is 1.32 bits per heavy atom. The molecule has 0 aliphatic carbocycles. The molecule has 0 amide bonds. The van der Waals surface area contributed by atoms with Gasteiger partial charge in [-0.25, -0.2) is 14.4 Å². The lowest BCUT2D eigenvalue weighted by Gasteiger charge is -2.09. The molecule has 2 rings (SSSR count). The van der Waals surface area contributed by atoms with Crippen LogP contribution in [0.25, 0.3) is 0 Å². The Morgan fingerprint density at radius 3 is 2.55 bits per heavy atom. The summed E-state index contributed by atoms with van der Waals surface area (Å²) in [5, 5.41) is 0. The molecule has 7 nitrogen and oxygen atoms in total. The van der Waals surface area contributed by atoms with E-state index < -0.39 is 24.0 Å². The predicted molar refractivity (Wildman–Crippen MR) is 75.6 cm³/mol. The van der Waals surface area contributed by atoms with Gasteiger partial charge in [0, 0.05) is 12.1 Å². The number of aryl methyl sites for hydroxylation is 1.